The number of anilines is 1. The van der Waals surface area contributed by atoms with Crippen LogP contribution in [0.2, 0.25) is 0 Å². The first-order valence-electron chi connectivity index (χ1n) is 5.47. The molecule has 0 radical (unpaired) electrons. The second-order valence-electron chi connectivity index (χ2n) is 4.51. The first kappa shape index (κ1) is 11.5. The smallest absolute Gasteiger partial charge is 0.229 e. The highest BCUT2D eigenvalue weighted by Crippen LogP contribution is 2.26. The maximum absolute atomic E-state index is 11.7. The molecule has 5 heteroatoms. The molecule has 0 aliphatic carbocycles. The fraction of sp³-hybridized carbons (Fsp3) is 0.636. The van der Waals surface area contributed by atoms with E-state index in [9.17, 15) is 4.79 Å². The zero-order valence-electron chi connectivity index (χ0n) is 9.77. The van der Waals surface area contributed by atoms with Crippen LogP contribution in [-0.2, 0) is 11.8 Å². The highest BCUT2D eigenvalue weighted by Gasteiger charge is 2.31. The van der Waals surface area contributed by atoms with Gasteiger partial charge in [-0.2, -0.15) is 5.10 Å². The van der Waals surface area contributed by atoms with E-state index < -0.39 is 0 Å². The molecule has 2 heterocycles. The molecule has 16 heavy (non-hydrogen) atoms. The maximum atomic E-state index is 11.7. The summed E-state index contributed by atoms with van der Waals surface area (Å²) in [7, 11) is 1.86. The third kappa shape index (κ3) is 1.94. The van der Waals surface area contributed by atoms with Gasteiger partial charge in [0.25, 0.3) is 0 Å². The number of hydrogen-bond donors (Lipinski definition) is 0. The predicted molar refractivity (Wildman–Crippen MR) is 63.9 cm³/mol. The number of amides is 1. The van der Waals surface area contributed by atoms with Gasteiger partial charge in [0.05, 0.1) is 11.1 Å². The van der Waals surface area contributed by atoms with Crippen molar-refractivity contribution in [3.05, 3.63) is 11.8 Å². The standard InChI is InChI=1S/C11H16ClN3O/c1-7(2)9-5-10(14(3)13-9)15-6-8(12)4-11(15)16/h5,7-8H,4,6H2,1-3H3. The summed E-state index contributed by atoms with van der Waals surface area (Å²) < 4.78 is 1.75. The quantitative estimate of drug-likeness (QED) is 0.742. The zero-order valence-corrected chi connectivity index (χ0v) is 10.5. The van der Waals surface area contributed by atoms with Crippen LogP contribution in [-0.4, -0.2) is 27.6 Å². The van der Waals surface area contributed by atoms with E-state index in [0.29, 0.717) is 18.9 Å². The van der Waals surface area contributed by atoms with Crippen LogP contribution in [0.3, 0.4) is 0 Å². The molecule has 1 atom stereocenters. The van der Waals surface area contributed by atoms with E-state index in [0.717, 1.165) is 11.5 Å². The fourth-order valence-electron chi connectivity index (χ4n) is 1.90. The van der Waals surface area contributed by atoms with E-state index in [1.54, 1.807) is 9.58 Å². The Hall–Kier alpha value is -1.03. The third-order valence-electron chi connectivity index (χ3n) is 2.82. The van der Waals surface area contributed by atoms with Crippen molar-refractivity contribution in [3.8, 4) is 0 Å². The Labute approximate surface area is 100 Å². The van der Waals surface area contributed by atoms with E-state index in [2.05, 4.69) is 18.9 Å². The minimum Gasteiger partial charge on any atom is -0.295 e. The molecule has 88 valence electrons. The second-order valence-corrected chi connectivity index (χ2v) is 5.13. The van der Waals surface area contributed by atoms with Crippen molar-refractivity contribution < 1.29 is 4.79 Å². The van der Waals surface area contributed by atoms with Gasteiger partial charge >= 0.3 is 0 Å². The average molecular weight is 242 g/mol. The van der Waals surface area contributed by atoms with Gasteiger partial charge in [-0.05, 0) is 5.92 Å². The van der Waals surface area contributed by atoms with Crippen LogP contribution in [0, 0.1) is 0 Å². The van der Waals surface area contributed by atoms with Crippen molar-refractivity contribution in [2.24, 2.45) is 7.05 Å². The van der Waals surface area contributed by atoms with Crippen LogP contribution in [0.15, 0.2) is 6.07 Å². The lowest BCUT2D eigenvalue weighted by atomic mass is 10.1. The largest absolute Gasteiger partial charge is 0.295 e. The maximum Gasteiger partial charge on any atom is 0.229 e. The Balaban J connectivity index is 2.30. The number of alkyl halides is 1. The Kier molecular flexibility index (Phi) is 2.93. The van der Waals surface area contributed by atoms with Crippen LogP contribution in [0.25, 0.3) is 0 Å². The van der Waals surface area contributed by atoms with Gasteiger partial charge in [0.2, 0.25) is 5.91 Å². The molecule has 1 aliphatic heterocycles. The number of rotatable bonds is 2. The van der Waals surface area contributed by atoms with Crippen LogP contribution >= 0.6 is 11.6 Å². The van der Waals surface area contributed by atoms with Gasteiger partial charge in [-0.3, -0.25) is 14.4 Å². The number of carbonyl (C=O) groups is 1. The minimum absolute atomic E-state index is 0.0788. The lowest BCUT2D eigenvalue weighted by molar-refractivity contribution is -0.117. The summed E-state index contributed by atoms with van der Waals surface area (Å²) in [6, 6.07) is 1.97. The topological polar surface area (TPSA) is 38.1 Å². The van der Waals surface area contributed by atoms with Crippen molar-refractivity contribution in [1.29, 1.82) is 0 Å². The van der Waals surface area contributed by atoms with E-state index in [-0.39, 0.29) is 11.3 Å². The van der Waals surface area contributed by atoms with Crippen molar-refractivity contribution >= 4 is 23.3 Å². The summed E-state index contributed by atoms with van der Waals surface area (Å²) in [6.07, 6.45) is 0.420. The van der Waals surface area contributed by atoms with E-state index in [1.807, 2.05) is 13.1 Å². The third-order valence-corrected chi connectivity index (χ3v) is 3.11. The van der Waals surface area contributed by atoms with Gasteiger partial charge in [0.15, 0.2) is 0 Å². The summed E-state index contributed by atoms with van der Waals surface area (Å²) in [4.78, 5) is 13.4. The van der Waals surface area contributed by atoms with E-state index in [4.69, 9.17) is 11.6 Å². The molecule has 2 rings (SSSR count). The molecule has 0 spiro atoms. The van der Waals surface area contributed by atoms with Crippen LogP contribution < -0.4 is 4.90 Å². The number of hydrogen-bond acceptors (Lipinski definition) is 2. The number of halogens is 1. The molecular formula is C11H16ClN3O. The average Bonchev–Trinajstić information content (AvgIpc) is 2.69. The number of nitrogens with zero attached hydrogens (tertiary/aromatic N) is 3. The first-order valence-corrected chi connectivity index (χ1v) is 5.91. The Morgan fingerprint density at radius 1 is 1.56 bits per heavy atom. The monoisotopic (exact) mass is 241 g/mol. The lowest BCUT2D eigenvalue weighted by Gasteiger charge is -2.14. The summed E-state index contributed by atoms with van der Waals surface area (Å²) in [5.41, 5.74) is 1.00. The Morgan fingerprint density at radius 3 is 2.69 bits per heavy atom. The Morgan fingerprint density at radius 2 is 2.25 bits per heavy atom. The summed E-state index contributed by atoms with van der Waals surface area (Å²) in [5, 5.41) is 4.32. The first-order chi connectivity index (χ1) is 7.49. The lowest BCUT2D eigenvalue weighted by Crippen LogP contribution is -2.26. The van der Waals surface area contributed by atoms with E-state index >= 15 is 0 Å². The minimum atomic E-state index is -0.0788. The highest BCUT2D eigenvalue weighted by atomic mass is 35.5. The summed E-state index contributed by atoms with van der Waals surface area (Å²) in [5.74, 6) is 1.29. The molecule has 1 amide bonds. The molecule has 1 saturated heterocycles. The molecule has 1 aliphatic rings. The molecule has 1 unspecified atom stereocenters. The molecule has 0 N–H and O–H groups in total. The number of aromatic nitrogens is 2. The number of carbonyl (C=O) groups excluding carboxylic acids is 1. The van der Waals surface area contributed by atoms with Crippen LogP contribution in [0.1, 0.15) is 31.9 Å². The molecule has 0 saturated carbocycles. The molecule has 1 aromatic rings. The zero-order chi connectivity index (χ0) is 11.9. The SMILES string of the molecule is CC(C)c1cc(N2CC(Cl)CC2=O)n(C)n1. The summed E-state index contributed by atoms with van der Waals surface area (Å²) in [6.45, 7) is 4.75. The van der Waals surface area contributed by atoms with Crippen LogP contribution in [0.4, 0.5) is 5.82 Å². The fourth-order valence-corrected chi connectivity index (χ4v) is 2.17. The van der Waals surface area contributed by atoms with Gasteiger partial charge in [-0.1, -0.05) is 13.8 Å². The highest BCUT2D eigenvalue weighted by molar-refractivity contribution is 6.24. The normalized spacial score (nSPS) is 21.2. The van der Waals surface area contributed by atoms with Crippen LogP contribution in [0.5, 0.6) is 0 Å². The van der Waals surface area contributed by atoms with Crippen molar-refractivity contribution in [1.82, 2.24) is 9.78 Å². The molecule has 0 bridgehead atoms. The van der Waals surface area contributed by atoms with Gasteiger partial charge in [-0.25, -0.2) is 0 Å². The van der Waals surface area contributed by atoms with Crippen molar-refractivity contribution in [2.45, 2.75) is 31.6 Å². The predicted octanol–water partition coefficient (Wildman–Crippen LogP) is 1.89. The molecular weight excluding hydrogens is 226 g/mol. The summed E-state index contributed by atoms with van der Waals surface area (Å²) >= 11 is 5.98. The van der Waals surface area contributed by atoms with Crippen molar-refractivity contribution in [2.75, 3.05) is 11.4 Å². The molecule has 1 fully saturated rings. The van der Waals surface area contributed by atoms with Gasteiger partial charge in [0.1, 0.15) is 5.82 Å². The molecule has 1 aromatic heterocycles. The second kappa shape index (κ2) is 4.09. The Bertz CT molecular complexity index is 413. The molecule has 0 aromatic carbocycles. The van der Waals surface area contributed by atoms with Gasteiger partial charge in [0, 0.05) is 26.1 Å². The molecule has 4 nitrogen and oxygen atoms in total. The number of aryl methyl sites for hydroxylation is 1. The van der Waals surface area contributed by atoms with Gasteiger partial charge < -0.3 is 0 Å². The van der Waals surface area contributed by atoms with Gasteiger partial charge in [-0.15, -0.1) is 11.6 Å². The van der Waals surface area contributed by atoms with Crippen molar-refractivity contribution in [3.63, 3.8) is 0 Å². The van der Waals surface area contributed by atoms with E-state index in [1.165, 1.54) is 0 Å².